The van der Waals surface area contributed by atoms with E-state index in [9.17, 15) is 14.0 Å². The zero-order chi connectivity index (χ0) is 17.0. The van der Waals surface area contributed by atoms with Gasteiger partial charge in [-0.1, -0.05) is 12.1 Å². The summed E-state index contributed by atoms with van der Waals surface area (Å²) < 4.78 is 23.5. The van der Waals surface area contributed by atoms with Crippen molar-refractivity contribution < 1.29 is 23.5 Å². The van der Waals surface area contributed by atoms with Crippen LogP contribution < -0.4 is 5.32 Å². The highest BCUT2D eigenvalue weighted by Crippen LogP contribution is 2.30. The lowest BCUT2D eigenvalue weighted by atomic mass is 9.95. The van der Waals surface area contributed by atoms with Crippen molar-refractivity contribution in [2.45, 2.75) is 13.0 Å². The van der Waals surface area contributed by atoms with Gasteiger partial charge in [-0.05, 0) is 24.6 Å². The van der Waals surface area contributed by atoms with Crippen molar-refractivity contribution in [1.29, 1.82) is 0 Å². The van der Waals surface area contributed by atoms with E-state index in [1.54, 1.807) is 20.0 Å². The molecule has 0 saturated heterocycles. The number of ether oxygens (including phenoxy) is 2. The van der Waals surface area contributed by atoms with E-state index in [0.29, 0.717) is 11.3 Å². The number of nitrogens with one attached hydrogen (secondary N) is 1. The van der Waals surface area contributed by atoms with Crippen LogP contribution in [0.4, 0.5) is 9.18 Å². The van der Waals surface area contributed by atoms with Crippen LogP contribution in [0.2, 0.25) is 0 Å². The molecule has 0 radical (unpaired) electrons. The number of hydrogen-bond donors (Lipinski definition) is 1. The van der Waals surface area contributed by atoms with E-state index in [-0.39, 0.29) is 24.8 Å². The van der Waals surface area contributed by atoms with Crippen molar-refractivity contribution in [3.05, 3.63) is 46.9 Å². The molecule has 1 aliphatic heterocycles. The Bertz CT molecular complexity index is 645. The average Bonchev–Trinajstić information content (AvgIpc) is 2.52. The van der Waals surface area contributed by atoms with E-state index in [4.69, 9.17) is 9.47 Å². The first kappa shape index (κ1) is 17.0. The first-order chi connectivity index (χ1) is 11.0. The minimum Gasteiger partial charge on any atom is -0.460 e. The molecular weight excluding hydrogens is 303 g/mol. The zero-order valence-electron chi connectivity index (χ0n) is 13.3. The topological polar surface area (TPSA) is 67.9 Å². The van der Waals surface area contributed by atoms with E-state index in [0.717, 1.165) is 0 Å². The van der Waals surface area contributed by atoms with Crippen molar-refractivity contribution in [3.63, 3.8) is 0 Å². The number of benzene rings is 1. The number of carbonyl (C=O) groups excluding carboxylic acids is 2. The fourth-order valence-corrected chi connectivity index (χ4v) is 2.33. The molecule has 0 bridgehead atoms. The summed E-state index contributed by atoms with van der Waals surface area (Å²) >= 11 is 0. The van der Waals surface area contributed by atoms with Gasteiger partial charge < -0.3 is 19.7 Å². The number of methoxy groups -OCH3 is 1. The highest BCUT2D eigenvalue weighted by molar-refractivity contribution is 5.94. The number of nitrogens with zero attached hydrogens (tertiary/aromatic N) is 1. The summed E-state index contributed by atoms with van der Waals surface area (Å²) in [7, 11) is 3.05. The molecule has 23 heavy (non-hydrogen) atoms. The van der Waals surface area contributed by atoms with Crippen molar-refractivity contribution in [2.24, 2.45) is 0 Å². The molecule has 0 unspecified atom stereocenters. The van der Waals surface area contributed by atoms with Crippen LogP contribution in [-0.4, -0.2) is 44.3 Å². The monoisotopic (exact) mass is 322 g/mol. The van der Waals surface area contributed by atoms with Crippen LogP contribution in [-0.2, 0) is 14.3 Å². The van der Waals surface area contributed by atoms with Gasteiger partial charge in [0.1, 0.15) is 12.4 Å². The lowest BCUT2D eigenvalue weighted by Crippen LogP contribution is -2.46. The normalized spacial score (nSPS) is 18.0. The number of rotatable bonds is 5. The standard InChI is InChI=1S/C16H19FN2O4/c1-10-13(15(20)23-8-7-22-3)14(18-16(21)19(10)2)11-5-4-6-12(17)9-11/h4-6,9,14H,7-8H2,1-3H3,(H,18,21)/t14-/m1/s1. The molecule has 1 heterocycles. The third-order valence-corrected chi connectivity index (χ3v) is 3.68. The number of hydrogen-bond acceptors (Lipinski definition) is 4. The SMILES string of the molecule is COCCOC(=O)C1=C(C)N(C)C(=O)N[C@@H]1c1cccc(F)c1. The van der Waals surface area contributed by atoms with Gasteiger partial charge in [0, 0.05) is 19.9 Å². The Morgan fingerprint density at radius 2 is 2.13 bits per heavy atom. The maximum atomic E-state index is 13.5. The molecule has 2 rings (SSSR count). The van der Waals surface area contributed by atoms with Crippen LogP contribution >= 0.6 is 0 Å². The van der Waals surface area contributed by atoms with Crippen molar-refractivity contribution in [1.82, 2.24) is 10.2 Å². The van der Waals surface area contributed by atoms with E-state index in [1.165, 1.54) is 30.2 Å². The number of amides is 2. The van der Waals surface area contributed by atoms with Crippen LogP contribution in [0.3, 0.4) is 0 Å². The maximum absolute atomic E-state index is 13.5. The van der Waals surface area contributed by atoms with Gasteiger partial charge in [-0.2, -0.15) is 0 Å². The van der Waals surface area contributed by atoms with Crippen LogP contribution in [0.5, 0.6) is 0 Å². The molecule has 1 atom stereocenters. The molecule has 0 fully saturated rings. The molecule has 124 valence electrons. The highest BCUT2D eigenvalue weighted by atomic mass is 19.1. The van der Waals surface area contributed by atoms with E-state index >= 15 is 0 Å². The summed E-state index contributed by atoms with van der Waals surface area (Å²) in [5.41, 5.74) is 1.21. The van der Waals surface area contributed by atoms with Gasteiger partial charge in [-0.25, -0.2) is 14.0 Å². The molecule has 0 spiro atoms. The zero-order valence-corrected chi connectivity index (χ0v) is 13.3. The Labute approximate surface area is 133 Å². The lowest BCUT2D eigenvalue weighted by molar-refractivity contribution is -0.140. The molecule has 1 N–H and O–H groups in total. The van der Waals surface area contributed by atoms with Gasteiger partial charge in [0.2, 0.25) is 0 Å². The van der Waals surface area contributed by atoms with Gasteiger partial charge in [0.05, 0.1) is 18.2 Å². The first-order valence-electron chi connectivity index (χ1n) is 7.12. The molecular formula is C16H19FN2O4. The van der Waals surface area contributed by atoms with Gasteiger partial charge in [-0.15, -0.1) is 0 Å². The Hall–Kier alpha value is -2.41. The summed E-state index contributed by atoms with van der Waals surface area (Å²) in [6.45, 7) is 2.02. The molecule has 0 aliphatic carbocycles. The maximum Gasteiger partial charge on any atom is 0.338 e. The van der Waals surface area contributed by atoms with Gasteiger partial charge in [-0.3, -0.25) is 0 Å². The number of halogens is 1. The molecule has 0 aromatic heterocycles. The predicted molar refractivity (Wildman–Crippen MR) is 81.0 cm³/mol. The quantitative estimate of drug-likeness (QED) is 0.665. The van der Waals surface area contributed by atoms with Crippen molar-refractivity contribution >= 4 is 12.0 Å². The molecule has 0 saturated carbocycles. The van der Waals surface area contributed by atoms with Crippen LogP contribution in [0, 0.1) is 5.82 Å². The lowest BCUT2D eigenvalue weighted by Gasteiger charge is -2.33. The van der Waals surface area contributed by atoms with Crippen molar-refractivity contribution in [2.75, 3.05) is 27.4 Å². The minimum absolute atomic E-state index is 0.0969. The Balaban J connectivity index is 2.38. The number of carbonyl (C=O) groups is 2. The largest absolute Gasteiger partial charge is 0.460 e. The second-order valence-electron chi connectivity index (χ2n) is 5.12. The molecule has 1 aliphatic rings. The average molecular weight is 322 g/mol. The number of allylic oxidation sites excluding steroid dienone is 1. The summed E-state index contributed by atoms with van der Waals surface area (Å²) in [6.07, 6.45) is 0. The second-order valence-corrected chi connectivity index (χ2v) is 5.12. The molecule has 7 heteroatoms. The number of urea groups is 1. The van der Waals surface area contributed by atoms with Crippen molar-refractivity contribution in [3.8, 4) is 0 Å². The summed E-state index contributed by atoms with van der Waals surface area (Å²) in [5, 5.41) is 2.69. The predicted octanol–water partition coefficient (Wildman–Crippen LogP) is 1.99. The second kappa shape index (κ2) is 7.23. The Morgan fingerprint density at radius 1 is 1.39 bits per heavy atom. The summed E-state index contributed by atoms with van der Waals surface area (Å²) in [5.74, 6) is -1.01. The van der Waals surface area contributed by atoms with Crippen LogP contribution in [0.15, 0.2) is 35.5 Å². The Morgan fingerprint density at radius 3 is 2.78 bits per heavy atom. The third-order valence-electron chi connectivity index (χ3n) is 3.68. The van der Waals surface area contributed by atoms with Gasteiger partial charge in [0.25, 0.3) is 0 Å². The highest BCUT2D eigenvalue weighted by Gasteiger charge is 2.35. The van der Waals surface area contributed by atoms with Gasteiger partial charge in [0.15, 0.2) is 0 Å². The van der Waals surface area contributed by atoms with E-state index in [1.807, 2.05) is 0 Å². The third kappa shape index (κ3) is 3.68. The summed E-state index contributed by atoms with van der Waals surface area (Å²) in [4.78, 5) is 25.7. The van der Waals surface area contributed by atoms with Crippen LogP contribution in [0.25, 0.3) is 0 Å². The molecule has 1 aromatic carbocycles. The fraction of sp³-hybridized carbons (Fsp3) is 0.375. The molecule has 1 aromatic rings. The fourth-order valence-electron chi connectivity index (χ4n) is 2.33. The van der Waals surface area contributed by atoms with E-state index in [2.05, 4.69) is 5.32 Å². The number of esters is 1. The van der Waals surface area contributed by atoms with E-state index < -0.39 is 17.8 Å². The smallest absolute Gasteiger partial charge is 0.338 e. The summed E-state index contributed by atoms with van der Waals surface area (Å²) in [6, 6.07) is 4.63. The Kier molecular flexibility index (Phi) is 5.33. The first-order valence-corrected chi connectivity index (χ1v) is 7.12. The van der Waals surface area contributed by atoms with Crippen LogP contribution in [0.1, 0.15) is 18.5 Å². The molecule has 2 amide bonds. The minimum atomic E-state index is -0.760. The van der Waals surface area contributed by atoms with Gasteiger partial charge >= 0.3 is 12.0 Å². The molecule has 6 nitrogen and oxygen atoms in total.